The second kappa shape index (κ2) is 5.43. The maximum Gasteiger partial charge on any atom is 0.416 e. The van der Waals surface area contributed by atoms with E-state index in [0.717, 1.165) is 12.1 Å². The third-order valence-corrected chi connectivity index (χ3v) is 3.26. The number of hydrogen-bond donors (Lipinski definition) is 1. The van der Waals surface area contributed by atoms with Crippen LogP contribution in [-0.2, 0) is 17.4 Å². The minimum absolute atomic E-state index is 0.149. The van der Waals surface area contributed by atoms with E-state index in [9.17, 15) is 18.0 Å². The molecule has 1 aromatic carbocycles. The van der Waals surface area contributed by atoms with Gasteiger partial charge < -0.3 is 5.11 Å². The van der Waals surface area contributed by atoms with Gasteiger partial charge in [0.1, 0.15) is 0 Å². The largest absolute Gasteiger partial charge is 0.481 e. The van der Waals surface area contributed by atoms with Gasteiger partial charge in [0.2, 0.25) is 0 Å². The summed E-state index contributed by atoms with van der Waals surface area (Å²) in [6, 6.07) is 4.44. The number of carbonyl (C=O) groups is 1. The van der Waals surface area contributed by atoms with Crippen LogP contribution in [0.3, 0.4) is 0 Å². The maximum absolute atomic E-state index is 12.6. The van der Waals surface area contributed by atoms with Gasteiger partial charge in [-0.1, -0.05) is 5.21 Å². The second-order valence-electron chi connectivity index (χ2n) is 5.55. The second-order valence-corrected chi connectivity index (χ2v) is 5.55. The van der Waals surface area contributed by atoms with Crippen molar-refractivity contribution in [1.82, 2.24) is 15.0 Å². The lowest BCUT2D eigenvalue weighted by molar-refractivity contribution is -0.146. The Balaban J connectivity index is 2.32. The van der Waals surface area contributed by atoms with Crippen LogP contribution in [0, 0.1) is 5.41 Å². The van der Waals surface area contributed by atoms with Gasteiger partial charge in [0.15, 0.2) is 0 Å². The van der Waals surface area contributed by atoms with Gasteiger partial charge in [0, 0.05) is 6.42 Å². The first-order valence-corrected chi connectivity index (χ1v) is 6.42. The van der Waals surface area contributed by atoms with Gasteiger partial charge in [0.05, 0.1) is 28.6 Å². The number of halogens is 3. The molecule has 0 fully saturated rings. The Kier molecular flexibility index (Phi) is 3.95. The van der Waals surface area contributed by atoms with Crippen LogP contribution in [-0.4, -0.2) is 26.1 Å². The summed E-state index contributed by atoms with van der Waals surface area (Å²) in [4.78, 5) is 11.2. The van der Waals surface area contributed by atoms with Gasteiger partial charge in [-0.3, -0.25) is 4.79 Å². The first-order valence-electron chi connectivity index (χ1n) is 6.42. The molecule has 2 aromatic rings. The SMILES string of the molecule is CC(C)(Cc1cnnn1-c1ccc(C(F)(F)F)cc1)C(=O)O. The molecular formula is C14H14F3N3O2. The molecule has 0 aliphatic carbocycles. The number of carboxylic acids is 1. The van der Waals surface area contributed by atoms with Crippen molar-refractivity contribution in [2.75, 3.05) is 0 Å². The first-order chi connectivity index (χ1) is 10.1. The van der Waals surface area contributed by atoms with Crippen LogP contribution < -0.4 is 0 Å². The minimum Gasteiger partial charge on any atom is -0.481 e. The molecule has 1 heterocycles. The molecule has 0 aliphatic heterocycles. The monoisotopic (exact) mass is 313 g/mol. The Morgan fingerprint density at radius 1 is 1.23 bits per heavy atom. The van der Waals surface area contributed by atoms with E-state index in [1.807, 2.05) is 0 Å². The van der Waals surface area contributed by atoms with E-state index in [0.29, 0.717) is 11.4 Å². The number of aromatic nitrogens is 3. The Morgan fingerprint density at radius 2 is 1.82 bits per heavy atom. The van der Waals surface area contributed by atoms with Crippen LogP contribution in [0.15, 0.2) is 30.5 Å². The summed E-state index contributed by atoms with van der Waals surface area (Å²) in [6.07, 6.45) is -2.85. The van der Waals surface area contributed by atoms with Crippen LogP contribution in [0.4, 0.5) is 13.2 Å². The van der Waals surface area contributed by atoms with Crippen LogP contribution in [0.25, 0.3) is 5.69 Å². The number of rotatable bonds is 4. The van der Waals surface area contributed by atoms with E-state index in [1.165, 1.54) is 23.0 Å². The number of benzene rings is 1. The van der Waals surface area contributed by atoms with Crippen molar-refractivity contribution in [3.8, 4) is 5.69 Å². The van der Waals surface area contributed by atoms with Gasteiger partial charge in [-0.15, -0.1) is 5.10 Å². The quantitative estimate of drug-likeness (QED) is 0.942. The van der Waals surface area contributed by atoms with Crippen molar-refractivity contribution in [3.05, 3.63) is 41.7 Å². The van der Waals surface area contributed by atoms with E-state index in [1.54, 1.807) is 13.8 Å². The number of aliphatic carboxylic acids is 1. The van der Waals surface area contributed by atoms with Crippen LogP contribution >= 0.6 is 0 Å². The lowest BCUT2D eigenvalue weighted by Gasteiger charge is -2.19. The summed E-state index contributed by atoms with van der Waals surface area (Å²) in [5.41, 5.74) is -0.900. The summed E-state index contributed by atoms with van der Waals surface area (Å²) in [5, 5.41) is 16.7. The molecule has 22 heavy (non-hydrogen) atoms. The van der Waals surface area contributed by atoms with E-state index >= 15 is 0 Å². The van der Waals surface area contributed by atoms with E-state index in [4.69, 9.17) is 5.11 Å². The summed E-state index contributed by atoms with van der Waals surface area (Å²) in [5.74, 6) is -0.979. The normalized spacial score (nSPS) is 12.4. The number of alkyl halides is 3. The Labute approximate surface area is 124 Å². The van der Waals surface area contributed by atoms with Gasteiger partial charge in [-0.05, 0) is 38.1 Å². The molecule has 0 atom stereocenters. The third-order valence-electron chi connectivity index (χ3n) is 3.26. The van der Waals surface area contributed by atoms with Crippen molar-refractivity contribution in [1.29, 1.82) is 0 Å². The molecule has 5 nitrogen and oxygen atoms in total. The zero-order chi connectivity index (χ0) is 16.5. The molecule has 0 bridgehead atoms. The van der Waals surface area contributed by atoms with Crippen LogP contribution in [0.5, 0.6) is 0 Å². The van der Waals surface area contributed by atoms with Crippen molar-refractivity contribution < 1.29 is 23.1 Å². The molecule has 0 aliphatic rings. The zero-order valence-electron chi connectivity index (χ0n) is 11.9. The molecule has 1 aromatic heterocycles. The van der Waals surface area contributed by atoms with Gasteiger partial charge in [-0.25, -0.2) is 4.68 Å². The molecule has 118 valence electrons. The van der Waals surface area contributed by atoms with E-state index in [2.05, 4.69) is 10.3 Å². The summed E-state index contributed by atoms with van der Waals surface area (Å²) in [6.45, 7) is 3.11. The topological polar surface area (TPSA) is 68.0 Å². The number of nitrogens with zero attached hydrogens (tertiary/aromatic N) is 3. The lowest BCUT2D eigenvalue weighted by atomic mass is 9.88. The average Bonchev–Trinajstić information content (AvgIpc) is 2.85. The van der Waals surface area contributed by atoms with Gasteiger partial charge >= 0.3 is 12.1 Å². The average molecular weight is 313 g/mol. The van der Waals surface area contributed by atoms with Crippen LogP contribution in [0.2, 0.25) is 0 Å². The van der Waals surface area contributed by atoms with Crippen molar-refractivity contribution in [3.63, 3.8) is 0 Å². The molecule has 2 rings (SSSR count). The van der Waals surface area contributed by atoms with E-state index < -0.39 is 23.1 Å². The highest BCUT2D eigenvalue weighted by Crippen LogP contribution is 2.30. The molecule has 8 heteroatoms. The molecule has 1 N–H and O–H groups in total. The predicted molar refractivity (Wildman–Crippen MR) is 71.5 cm³/mol. The lowest BCUT2D eigenvalue weighted by Crippen LogP contribution is -2.27. The number of carboxylic acid groups (broad SMARTS) is 1. The fourth-order valence-electron chi connectivity index (χ4n) is 1.91. The zero-order valence-corrected chi connectivity index (χ0v) is 11.9. The molecule has 0 saturated carbocycles. The summed E-state index contributed by atoms with van der Waals surface area (Å²) >= 11 is 0. The molecule has 0 saturated heterocycles. The van der Waals surface area contributed by atoms with Crippen molar-refractivity contribution in [2.45, 2.75) is 26.4 Å². The molecule has 0 spiro atoms. The Hall–Kier alpha value is -2.38. The summed E-state index contributed by atoms with van der Waals surface area (Å²) in [7, 11) is 0. The molecular weight excluding hydrogens is 299 g/mol. The highest BCUT2D eigenvalue weighted by Gasteiger charge is 2.31. The standard InChI is InChI=1S/C14H14F3N3O2/c1-13(2,12(21)22)7-11-8-18-19-20(11)10-5-3-9(4-6-10)14(15,16)17/h3-6,8H,7H2,1-2H3,(H,21,22). The molecule has 0 amide bonds. The smallest absolute Gasteiger partial charge is 0.416 e. The minimum atomic E-state index is -4.41. The molecule has 0 unspecified atom stereocenters. The highest BCUT2D eigenvalue weighted by atomic mass is 19.4. The van der Waals surface area contributed by atoms with Gasteiger partial charge in [-0.2, -0.15) is 13.2 Å². The third kappa shape index (κ3) is 3.26. The highest BCUT2D eigenvalue weighted by molar-refractivity contribution is 5.73. The fourth-order valence-corrected chi connectivity index (χ4v) is 1.91. The maximum atomic E-state index is 12.6. The fraction of sp³-hybridized carbons (Fsp3) is 0.357. The Morgan fingerprint density at radius 3 is 2.32 bits per heavy atom. The van der Waals surface area contributed by atoms with Crippen molar-refractivity contribution >= 4 is 5.97 Å². The van der Waals surface area contributed by atoms with Gasteiger partial charge in [0.25, 0.3) is 0 Å². The Bertz CT molecular complexity index is 675. The van der Waals surface area contributed by atoms with E-state index in [-0.39, 0.29) is 6.42 Å². The molecule has 0 radical (unpaired) electrons. The first kappa shape index (κ1) is 16.0. The number of hydrogen-bond acceptors (Lipinski definition) is 3. The van der Waals surface area contributed by atoms with Crippen LogP contribution in [0.1, 0.15) is 25.1 Å². The summed E-state index contributed by atoms with van der Waals surface area (Å²) < 4.78 is 39.0. The predicted octanol–water partition coefficient (Wildman–Crippen LogP) is 2.94. The van der Waals surface area contributed by atoms with Crippen molar-refractivity contribution in [2.24, 2.45) is 5.41 Å².